The third-order valence-electron chi connectivity index (χ3n) is 5.97. The van der Waals surface area contributed by atoms with Crippen molar-refractivity contribution >= 4 is 26.8 Å². The Kier molecular flexibility index (Phi) is 7.20. The molecule has 0 aliphatic carbocycles. The number of aromatic nitrogens is 7. The van der Waals surface area contributed by atoms with Crippen LogP contribution < -0.4 is 15.1 Å². The van der Waals surface area contributed by atoms with Crippen molar-refractivity contribution in [1.82, 2.24) is 38.8 Å². The first-order chi connectivity index (χ1) is 18.4. The van der Waals surface area contributed by atoms with Gasteiger partial charge in [0.1, 0.15) is 23.4 Å². The van der Waals surface area contributed by atoms with Gasteiger partial charge in [0.15, 0.2) is 11.3 Å². The molecule has 1 aromatic carbocycles. The predicted molar refractivity (Wildman–Crippen MR) is 142 cm³/mol. The van der Waals surface area contributed by atoms with Crippen LogP contribution in [-0.2, 0) is 23.0 Å². The summed E-state index contributed by atoms with van der Waals surface area (Å²) in [5.41, 5.74) is 2.22. The van der Waals surface area contributed by atoms with Crippen molar-refractivity contribution in [3.63, 3.8) is 0 Å². The number of H-pyrrole nitrogens is 1. The van der Waals surface area contributed by atoms with Crippen molar-refractivity contribution < 1.29 is 13.2 Å². The van der Waals surface area contributed by atoms with Crippen LogP contribution in [-0.4, -0.2) is 55.7 Å². The minimum Gasteiger partial charge on any atom is -0.493 e. The summed E-state index contributed by atoms with van der Waals surface area (Å²) in [7, 11) is -3.83. The van der Waals surface area contributed by atoms with E-state index in [2.05, 4.69) is 24.9 Å². The van der Waals surface area contributed by atoms with Gasteiger partial charge in [-0.05, 0) is 43.2 Å². The number of nitrogens with zero attached hydrogens (tertiary/aromatic N) is 6. The molecular weight excluding hydrogens is 508 g/mol. The Balaban J connectivity index is 1.56. The summed E-state index contributed by atoms with van der Waals surface area (Å²) in [5, 5.41) is 7.98. The van der Waals surface area contributed by atoms with Gasteiger partial charge < -0.3 is 9.72 Å². The smallest absolute Gasteiger partial charge is 0.336 e. The standard InChI is InChI=1S/C25H28N8O4S/c1-3-13-32-23-21(24-31-27-16-33(24)25(32)34)29-22(30-23)19-15-18(8-9-20(19)37-14-4-2)38(35,36)28-12-10-17-7-5-6-11-26-17/h5-9,11,15-16,28H,3-4,10,12-14H2,1-2H3,(H,29,30). The lowest BCUT2D eigenvalue weighted by Crippen LogP contribution is -2.26. The van der Waals surface area contributed by atoms with Gasteiger partial charge in [0.05, 0.1) is 17.1 Å². The van der Waals surface area contributed by atoms with Gasteiger partial charge in [-0.3, -0.25) is 9.55 Å². The normalized spacial score (nSPS) is 11.9. The zero-order valence-corrected chi connectivity index (χ0v) is 21.9. The summed E-state index contributed by atoms with van der Waals surface area (Å²) in [6.07, 6.45) is 4.98. The van der Waals surface area contributed by atoms with Crippen LogP contribution >= 0.6 is 0 Å². The maximum Gasteiger partial charge on any atom is 0.336 e. The van der Waals surface area contributed by atoms with E-state index in [4.69, 9.17) is 9.72 Å². The van der Waals surface area contributed by atoms with Crippen LogP contribution in [0.1, 0.15) is 32.4 Å². The first kappa shape index (κ1) is 25.5. The SMILES string of the molecule is CCCOc1ccc(S(=O)(=O)NCCc2ccccn2)cc1-c1nc2c([nH]1)c1nncn1c(=O)n2CCC. The molecular formula is C25H28N8O4S. The molecule has 5 aromatic rings. The summed E-state index contributed by atoms with van der Waals surface area (Å²) in [6, 6.07) is 10.2. The fourth-order valence-corrected chi connectivity index (χ4v) is 5.23. The minimum atomic E-state index is -3.83. The number of aryl methyl sites for hydroxylation is 1. The Hall–Kier alpha value is -4.10. The molecule has 0 saturated carbocycles. The molecule has 0 fully saturated rings. The molecule has 12 nitrogen and oxygen atoms in total. The predicted octanol–water partition coefficient (Wildman–Crippen LogP) is 2.55. The zero-order chi connectivity index (χ0) is 26.7. The Labute approximate surface area is 218 Å². The number of hydrogen-bond acceptors (Lipinski definition) is 8. The van der Waals surface area contributed by atoms with Crippen molar-refractivity contribution in [2.75, 3.05) is 13.2 Å². The van der Waals surface area contributed by atoms with Crippen LogP contribution in [0.4, 0.5) is 0 Å². The van der Waals surface area contributed by atoms with Gasteiger partial charge >= 0.3 is 5.69 Å². The molecule has 4 heterocycles. The van der Waals surface area contributed by atoms with Crippen LogP contribution in [0.5, 0.6) is 5.75 Å². The van der Waals surface area contributed by atoms with Crippen LogP contribution in [0.2, 0.25) is 0 Å². The number of benzene rings is 1. The van der Waals surface area contributed by atoms with E-state index >= 15 is 0 Å². The average Bonchev–Trinajstić information content (AvgIpc) is 3.58. The molecule has 0 amide bonds. The van der Waals surface area contributed by atoms with Crippen LogP contribution in [0.25, 0.3) is 28.2 Å². The highest BCUT2D eigenvalue weighted by molar-refractivity contribution is 7.89. The number of pyridine rings is 1. The fraction of sp³-hybridized carbons (Fsp3) is 0.320. The van der Waals surface area contributed by atoms with Crippen molar-refractivity contribution in [2.45, 2.75) is 44.6 Å². The molecule has 0 atom stereocenters. The van der Waals surface area contributed by atoms with E-state index in [1.54, 1.807) is 16.8 Å². The van der Waals surface area contributed by atoms with E-state index in [1.807, 2.05) is 32.0 Å². The maximum atomic E-state index is 13.2. The molecule has 198 valence electrons. The van der Waals surface area contributed by atoms with Gasteiger partial charge in [0, 0.05) is 31.4 Å². The Morgan fingerprint density at radius 2 is 1.97 bits per heavy atom. The number of rotatable bonds is 11. The first-order valence-corrected chi connectivity index (χ1v) is 13.9. The third-order valence-corrected chi connectivity index (χ3v) is 7.43. The van der Waals surface area contributed by atoms with E-state index in [9.17, 15) is 13.2 Å². The molecule has 2 N–H and O–H groups in total. The quantitative estimate of drug-likeness (QED) is 0.262. The van der Waals surface area contributed by atoms with E-state index in [1.165, 1.54) is 22.9 Å². The van der Waals surface area contributed by atoms with Gasteiger partial charge in [-0.15, -0.1) is 10.2 Å². The van der Waals surface area contributed by atoms with Crippen LogP contribution in [0, 0.1) is 0 Å². The van der Waals surface area contributed by atoms with E-state index in [-0.39, 0.29) is 17.1 Å². The van der Waals surface area contributed by atoms with Crippen molar-refractivity contribution in [3.8, 4) is 17.1 Å². The van der Waals surface area contributed by atoms with Gasteiger partial charge in [0.25, 0.3) is 0 Å². The number of sulfonamides is 1. The summed E-state index contributed by atoms with van der Waals surface area (Å²) in [4.78, 5) is 25.2. The molecule has 38 heavy (non-hydrogen) atoms. The first-order valence-electron chi connectivity index (χ1n) is 12.4. The van der Waals surface area contributed by atoms with E-state index in [0.29, 0.717) is 59.9 Å². The van der Waals surface area contributed by atoms with Gasteiger partial charge in [-0.2, -0.15) is 0 Å². The number of imidazole rings is 1. The van der Waals surface area contributed by atoms with Crippen molar-refractivity contribution in [2.24, 2.45) is 0 Å². The second-order valence-corrected chi connectivity index (χ2v) is 10.5. The highest BCUT2D eigenvalue weighted by Crippen LogP contribution is 2.32. The van der Waals surface area contributed by atoms with Gasteiger partial charge in [-0.25, -0.2) is 27.3 Å². The lowest BCUT2D eigenvalue weighted by atomic mass is 10.2. The number of nitrogens with one attached hydrogen (secondary N) is 2. The average molecular weight is 537 g/mol. The highest BCUT2D eigenvalue weighted by Gasteiger charge is 2.22. The highest BCUT2D eigenvalue weighted by atomic mass is 32.2. The summed E-state index contributed by atoms with van der Waals surface area (Å²) in [5.74, 6) is 0.831. The second-order valence-electron chi connectivity index (χ2n) is 8.72. The minimum absolute atomic E-state index is 0.0661. The van der Waals surface area contributed by atoms with Crippen LogP contribution in [0.15, 0.2) is 58.6 Å². The molecule has 5 rings (SSSR count). The number of aromatic amines is 1. The lowest BCUT2D eigenvalue weighted by molar-refractivity contribution is 0.318. The van der Waals surface area contributed by atoms with Gasteiger partial charge in [0.2, 0.25) is 10.0 Å². The topological polar surface area (TPSA) is 149 Å². The number of hydrogen-bond donors (Lipinski definition) is 2. The number of fused-ring (bicyclic) bond motifs is 3. The fourth-order valence-electron chi connectivity index (χ4n) is 4.18. The molecule has 4 aromatic heterocycles. The molecule has 0 radical (unpaired) electrons. The summed E-state index contributed by atoms with van der Waals surface area (Å²) in [6.45, 7) is 5.03. The van der Waals surface area contributed by atoms with Crippen LogP contribution in [0.3, 0.4) is 0 Å². The molecule has 0 bridgehead atoms. The molecule has 0 unspecified atom stereocenters. The van der Waals surface area contributed by atoms with Crippen molar-refractivity contribution in [3.05, 3.63) is 65.1 Å². The molecule has 13 heteroatoms. The third kappa shape index (κ3) is 4.89. The van der Waals surface area contributed by atoms with Crippen molar-refractivity contribution in [1.29, 1.82) is 0 Å². The molecule has 0 aliphatic heterocycles. The monoisotopic (exact) mass is 536 g/mol. The largest absolute Gasteiger partial charge is 0.493 e. The Morgan fingerprint density at radius 1 is 1.11 bits per heavy atom. The lowest BCUT2D eigenvalue weighted by Gasteiger charge is -2.12. The zero-order valence-electron chi connectivity index (χ0n) is 21.1. The number of ether oxygens (including phenoxy) is 1. The van der Waals surface area contributed by atoms with Gasteiger partial charge in [-0.1, -0.05) is 19.9 Å². The molecule has 0 spiro atoms. The van der Waals surface area contributed by atoms with E-state index in [0.717, 1.165) is 12.1 Å². The molecule has 0 saturated heterocycles. The summed E-state index contributed by atoms with van der Waals surface area (Å²) >= 11 is 0. The Bertz CT molecular complexity index is 1740. The Morgan fingerprint density at radius 3 is 2.74 bits per heavy atom. The maximum absolute atomic E-state index is 13.2. The summed E-state index contributed by atoms with van der Waals surface area (Å²) < 4.78 is 37.8. The van der Waals surface area contributed by atoms with E-state index < -0.39 is 10.0 Å². The molecule has 0 aliphatic rings. The second kappa shape index (κ2) is 10.7.